The number of benzene rings is 2. The molecular formula is C21H21NO2. The summed E-state index contributed by atoms with van der Waals surface area (Å²) in [6, 6.07) is 16.9. The van der Waals surface area contributed by atoms with Crippen LogP contribution >= 0.6 is 0 Å². The molecule has 1 amide bonds. The molecule has 1 fully saturated rings. The molecule has 0 radical (unpaired) electrons. The molecule has 0 saturated heterocycles. The summed E-state index contributed by atoms with van der Waals surface area (Å²) in [5.74, 6) is 0.648. The number of amides is 1. The first-order valence-corrected chi connectivity index (χ1v) is 8.50. The highest BCUT2D eigenvalue weighted by Gasteiger charge is 2.31. The van der Waals surface area contributed by atoms with Gasteiger partial charge in [-0.3, -0.25) is 0 Å². The van der Waals surface area contributed by atoms with Gasteiger partial charge in [-0.2, -0.15) is 0 Å². The summed E-state index contributed by atoms with van der Waals surface area (Å²) in [4.78, 5) is 12.1. The Morgan fingerprint density at radius 1 is 1.08 bits per heavy atom. The van der Waals surface area contributed by atoms with Crippen molar-refractivity contribution in [2.45, 2.75) is 24.8 Å². The van der Waals surface area contributed by atoms with Crippen LogP contribution < -0.4 is 5.32 Å². The van der Waals surface area contributed by atoms with Crippen LogP contribution in [-0.4, -0.2) is 18.7 Å². The van der Waals surface area contributed by atoms with Gasteiger partial charge in [0, 0.05) is 12.0 Å². The molecule has 4 rings (SSSR count). The minimum atomic E-state index is -0.315. The Bertz CT molecular complexity index is 731. The second kappa shape index (κ2) is 6.16. The summed E-state index contributed by atoms with van der Waals surface area (Å²) in [5.41, 5.74) is 4.97. The van der Waals surface area contributed by atoms with Crippen molar-refractivity contribution in [2.75, 3.05) is 6.61 Å². The number of nitrogens with one attached hydrogen (secondary N) is 1. The number of allylic oxidation sites excluding steroid dienone is 1. The molecule has 1 N–H and O–H groups in total. The zero-order valence-electron chi connectivity index (χ0n) is 13.6. The van der Waals surface area contributed by atoms with Gasteiger partial charge >= 0.3 is 6.09 Å². The molecule has 2 aliphatic rings. The fourth-order valence-corrected chi connectivity index (χ4v) is 3.78. The Morgan fingerprint density at radius 2 is 1.67 bits per heavy atom. The largest absolute Gasteiger partial charge is 0.449 e. The van der Waals surface area contributed by atoms with E-state index in [9.17, 15) is 4.79 Å². The first-order chi connectivity index (χ1) is 11.8. The summed E-state index contributed by atoms with van der Waals surface area (Å²) in [7, 11) is 0. The molecule has 0 atom stereocenters. The lowest BCUT2D eigenvalue weighted by Gasteiger charge is -2.33. The molecule has 24 heavy (non-hydrogen) atoms. The quantitative estimate of drug-likeness (QED) is 0.843. The van der Waals surface area contributed by atoms with Gasteiger partial charge in [-0.1, -0.05) is 54.6 Å². The van der Waals surface area contributed by atoms with Gasteiger partial charge in [-0.05, 0) is 41.0 Å². The first kappa shape index (κ1) is 15.0. The number of carbonyl (C=O) groups excluding carboxylic acids is 1. The van der Waals surface area contributed by atoms with E-state index in [1.165, 1.54) is 22.3 Å². The van der Waals surface area contributed by atoms with Gasteiger partial charge in [-0.25, -0.2) is 4.79 Å². The molecule has 0 aliphatic heterocycles. The lowest BCUT2D eigenvalue weighted by atomic mass is 9.80. The van der Waals surface area contributed by atoms with Crippen LogP contribution in [0.15, 0.2) is 61.2 Å². The predicted molar refractivity (Wildman–Crippen MR) is 94.9 cm³/mol. The van der Waals surface area contributed by atoms with E-state index in [1.54, 1.807) is 0 Å². The standard InChI is InChI=1S/C21H21NO2/c1-2-14-11-15(12-14)22-21(23)24-13-20-18-9-5-3-7-16(18)17-8-4-6-10-19(17)20/h2-10,14-15,20H,1,11-13H2,(H,22,23). The average molecular weight is 319 g/mol. The van der Waals surface area contributed by atoms with E-state index >= 15 is 0 Å². The van der Waals surface area contributed by atoms with Crippen molar-refractivity contribution in [3.63, 3.8) is 0 Å². The third-order valence-electron chi connectivity index (χ3n) is 5.17. The lowest BCUT2D eigenvalue weighted by molar-refractivity contribution is 0.129. The summed E-state index contributed by atoms with van der Waals surface area (Å²) in [6.45, 7) is 4.16. The molecule has 1 saturated carbocycles. The number of hydrogen-bond acceptors (Lipinski definition) is 2. The molecule has 0 aromatic heterocycles. The summed E-state index contributed by atoms with van der Waals surface area (Å²) < 4.78 is 5.54. The van der Waals surface area contributed by atoms with E-state index in [2.05, 4.69) is 48.3 Å². The molecule has 2 aromatic rings. The summed E-state index contributed by atoms with van der Waals surface area (Å²) >= 11 is 0. The van der Waals surface area contributed by atoms with E-state index in [1.807, 2.05) is 18.2 Å². The smallest absolute Gasteiger partial charge is 0.407 e. The van der Waals surface area contributed by atoms with Crippen molar-refractivity contribution in [1.82, 2.24) is 5.32 Å². The van der Waals surface area contributed by atoms with Gasteiger partial charge in [0.2, 0.25) is 0 Å². The maximum atomic E-state index is 12.1. The van der Waals surface area contributed by atoms with Crippen molar-refractivity contribution in [3.05, 3.63) is 72.3 Å². The van der Waals surface area contributed by atoms with Crippen molar-refractivity contribution in [2.24, 2.45) is 5.92 Å². The van der Waals surface area contributed by atoms with Gasteiger partial charge in [0.05, 0.1) is 0 Å². The van der Waals surface area contributed by atoms with Crippen molar-refractivity contribution in [3.8, 4) is 11.1 Å². The Labute approximate surface area is 142 Å². The number of hydrogen-bond donors (Lipinski definition) is 1. The monoisotopic (exact) mass is 319 g/mol. The van der Waals surface area contributed by atoms with Crippen molar-refractivity contribution in [1.29, 1.82) is 0 Å². The maximum absolute atomic E-state index is 12.1. The van der Waals surface area contributed by atoms with Crippen LogP contribution in [0.3, 0.4) is 0 Å². The molecular weight excluding hydrogens is 298 g/mol. The van der Waals surface area contributed by atoms with Crippen LogP contribution in [0.5, 0.6) is 0 Å². The van der Waals surface area contributed by atoms with Gasteiger partial charge in [0.15, 0.2) is 0 Å². The van der Waals surface area contributed by atoms with Crippen LogP contribution in [-0.2, 0) is 4.74 Å². The third-order valence-corrected chi connectivity index (χ3v) is 5.17. The average Bonchev–Trinajstić information content (AvgIpc) is 2.90. The van der Waals surface area contributed by atoms with E-state index in [0.717, 1.165) is 12.8 Å². The minimum absolute atomic E-state index is 0.116. The molecule has 2 aromatic carbocycles. The number of ether oxygens (including phenoxy) is 1. The second-order valence-electron chi connectivity index (χ2n) is 6.63. The lowest BCUT2D eigenvalue weighted by Crippen LogP contribution is -2.44. The predicted octanol–water partition coefficient (Wildman–Crippen LogP) is 4.49. The molecule has 0 unspecified atom stereocenters. The number of rotatable bonds is 4. The Balaban J connectivity index is 1.43. The van der Waals surface area contributed by atoms with E-state index < -0.39 is 0 Å². The molecule has 0 heterocycles. The fourth-order valence-electron chi connectivity index (χ4n) is 3.78. The van der Waals surface area contributed by atoms with Crippen molar-refractivity contribution >= 4 is 6.09 Å². The molecule has 0 bridgehead atoms. The highest BCUT2D eigenvalue weighted by atomic mass is 16.5. The Morgan fingerprint density at radius 3 is 2.25 bits per heavy atom. The van der Waals surface area contributed by atoms with Crippen LogP contribution in [0.2, 0.25) is 0 Å². The number of alkyl carbamates (subject to hydrolysis) is 1. The highest BCUT2D eigenvalue weighted by molar-refractivity contribution is 5.79. The highest BCUT2D eigenvalue weighted by Crippen LogP contribution is 2.44. The van der Waals surface area contributed by atoms with Crippen LogP contribution in [0.1, 0.15) is 29.9 Å². The van der Waals surface area contributed by atoms with Gasteiger partial charge < -0.3 is 10.1 Å². The van der Waals surface area contributed by atoms with Gasteiger partial charge in [0.1, 0.15) is 6.61 Å². The normalized spacial score (nSPS) is 21.3. The molecule has 2 aliphatic carbocycles. The number of carbonyl (C=O) groups is 1. The minimum Gasteiger partial charge on any atom is -0.449 e. The summed E-state index contributed by atoms with van der Waals surface area (Å²) in [5, 5.41) is 2.94. The van der Waals surface area contributed by atoms with E-state index in [4.69, 9.17) is 4.74 Å². The summed E-state index contributed by atoms with van der Waals surface area (Å²) in [6.07, 6.45) is 3.57. The van der Waals surface area contributed by atoms with Crippen LogP contribution in [0.4, 0.5) is 4.79 Å². The second-order valence-corrected chi connectivity index (χ2v) is 6.63. The molecule has 122 valence electrons. The van der Waals surface area contributed by atoms with E-state index in [-0.39, 0.29) is 18.1 Å². The maximum Gasteiger partial charge on any atom is 0.407 e. The zero-order chi connectivity index (χ0) is 16.5. The molecule has 0 spiro atoms. The Kier molecular flexibility index (Phi) is 3.85. The Hall–Kier alpha value is -2.55. The van der Waals surface area contributed by atoms with Gasteiger partial charge in [-0.15, -0.1) is 6.58 Å². The number of fused-ring (bicyclic) bond motifs is 3. The fraction of sp³-hybridized carbons (Fsp3) is 0.286. The van der Waals surface area contributed by atoms with Crippen molar-refractivity contribution < 1.29 is 9.53 Å². The topological polar surface area (TPSA) is 38.3 Å². The first-order valence-electron chi connectivity index (χ1n) is 8.50. The SMILES string of the molecule is C=CC1CC(NC(=O)OCC2c3ccccc3-c3ccccc32)C1. The third kappa shape index (κ3) is 2.60. The molecule has 3 nitrogen and oxygen atoms in total. The van der Waals surface area contributed by atoms with Gasteiger partial charge in [0.25, 0.3) is 0 Å². The van der Waals surface area contributed by atoms with E-state index in [0.29, 0.717) is 12.5 Å². The van der Waals surface area contributed by atoms with Crippen LogP contribution in [0, 0.1) is 5.92 Å². The molecule has 3 heteroatoms. The zero-order valence-corrected chi connectivity index (χ0v) is 13.6. The van der Waals surface area contributed by atoms with Crippen LogP contribution in [0.25, 0.3) is 11.1 Å².